The topological polar surface area (TPSA) is 70.0 Å². The lowest BCUT2D eigenvalue weighted by Gasteiger charge is -2.08. The third-order valence-electron chi connectivity index (χ3n) is 1.63. The molecule has 4 nitrogen and oxygen atoms in total. The first kappa shape index (κ1) is 11.2. The van der Waals surface area contributed by atoms with E-state index in [2.05, 4.69) is 4.72 Å². The molecular formula is C8H10N2O2S2. The SMILES string of the molecule is CCS(=O)(=O)NC(C#N)c1cccs1. The van der Waals surface area contributed by atoms with Crippen LogP contribution in [-0.2, 0) is 10.0 Å². The van der Waals surface area contributed by atoms with Gasteiger partial charge in [0.15, 0.2) is 0 Å². The molecule has 1 unspecified atom stereocenters. The summed E-state index contributed by atoms with van der Waals surface area (Å²) in [4.78, 5) is 0.713. The highest BCUT2D eigenvalue weighted by atomic mass is 32.2. The van der Waals surface area contributed by atoms with Crippen molar-refractivity contribution in [3.8, 4) is 6.07 Å². The summed E-state index contributed by atoms with van der Waals surface area (Å²) in [5.74, 6) is -0.0173. The van der Waals surface area contributed by atoms with Gasteiger partial charge in [0, 0.05) is 4.88 Å². The van der Waals surface area contributed by atoms with E-state index >= 15 is 0 Å². The Morgan fingerprint density at radius 1 is 1.71 bits per heavy atom. The monoisotopic (exact) mass is 230 g/mol. The highest BCUT2D eigenvalue weighted by Crippen LogP contribution is 2.18. The number of nitrogens with zero attached hydrogens (tertiary/aromatic N) is 1. The predicted molar refractivity (Wildman–Crippen MR) is 55.3 cm³/mol. The van der Waals surface area contributed by atoms with Gasteiger partial charge in [-0.05, 0) is 18.4 Å². The van der Waals surface area contributed by atoms with Gasteiger partial charge in [-0.25, -0.2) is 8.42 Å². The molecule has 0 saturated heterocycles. The van der Waals surface area contributed by atoms with Crippen molar-refractivity contribution in [2.24, 2.45) is 0 Å². The minimum absolute atomic E-state index is 0.0173. The quantitative estimate of drug-likeness (QED) is 0.846. The van der Waals surface area contributed by atoms with Crippen molar-refractivity contribution in [2.45, 2.75) is 13.0 Å². The molecule has 0 amide bonds. The van der Waals surface area contributed by atoms with Gasteiger partial charge in [-0.1, -0.05) is 6.07 Å². The number of nitriles is 1. The summed E-state index contributed by atoms with van der Waals surface area (Å²) in [6.45, 7) is 1.53. The van der Waals surface area contributed by atoms with E-state index in [9.17, 15) is 8.42 Å². The van der Waals surface area contributed by atoms with Crippen LogP contribution >= 0.6 is 11.3 Å². The van der Waals surface area contributed by atoms with Gasteiger partial charge < -0.3 is 0 Å². The van der Waals surface area contributed by atoms with Crippen LogP contribution in [0, 0.1) is 11.3 Å². The molecule has 1 aromatic heterocycles. The number of hydrogen-bond acceptors (Lipinski definition) is 4. The van der Waals surface area contributed by atoms with Gasteiger partial charge in [-0.2, -0.15) is 9.98 Å². The zero-order valence-corrected chi connectivity index (χ0v) is 9.23. The van der Waals surface area contributed by atoms with Crippen LogP contribution < -0.4 is 4.72 Å². The Hall–Kier alpha value is -0.900. The van der Waals surface area contributed by atoms with E-state index in [1.807, 2.05) is 6.07 Å². The van der Waals surface area contributed by atoms with Crippen molar-refractivity contribution in [1.82, 2.24) is 4.72 Å². The van der Waals surface area contributed by atoms with Crippen molar-refractivity contribution in [3.63, 3.8) is 0 Å². The first-order valence-electron chi connectivity index (χ1n) is 4.02. The molecule has 0 aliphatic carbocycles. The molecule has 76 valence electrons. The number of hydrogen-bond donors (Lipinski definition) is 1. The molecule has 0 aliphatic rings. The second-order valence-electron chi connectivity index (χ2n) is 2.60. The molecule has 14 heavy (non-hydrogen) atoms. The summed E-state index contributed by atoms with van der Waals surface area (Å²) >= 11 is 1.36. The van der Waals surface area contributed by atoms with Gasteiger partial charge in [0.05, 0.1) is 11.8 Å². The molecule has 1 N–H and O–H groups in total. The molecule has 0 spiro atoms. The van der Waals surface area contributed by atoms with Crippen molar-refractivity contribution < 1.29 is 8.42 Å². The molecular weight excluding hydrogens is 220 g/mol. The molecule has 0 radical (unpaired) electrons. The van der Waals surface area contributed by atoms with Crippen LogP contribution in [0.3, 0.4) is 0 Å². The van der Waals surface area contributed by atoms with E-state index in [0.29, 0.717) is 4.88 Å². The second kappa shape index (κ2) is 4.55. The van der Waals surface area contributed by atoms with Crippen LogP contribution in [0.4, 0.5) is 0 Å². The van der Waals surface area contributed by atoms with E-state index in [-0.39, 0.29) is 5.75 Å². The standard InChI is InChI=1S/C8H10N2O2S2/c1-2-14(11,12)10-7(6-9)8-4-3-5-13-8/h3-5,7,10H,2H2,1H3. The fourth-order valence-electron chi connectivity index (χ4n) is 0.866. The van der Waals surface area contributed by atoms with Crippen molar-refractivity contribution in [2.75, 3.05) is 5.75 Å². The Labute approximate surface area is 87.2 Å². The Morgan fingerprint density at radius 3 is 2.86 bits per heavy atom. The number of rotatable bonds is 4. The largest absolute Gasteiger partial charge is 0.212 e. The second-order valence-corrected chi connectivity index (χ2v) is 5.62. The average Bonchev–Trinajstić information content (AvgIpc) is 2.67. The maximum absolute atomic E-state index is 11.2. The maximum Gasteiger partial charge on any atom is 0.212 e. The highest BCUT2D eigenvalue weighted by molar-refractivity contribution is 7.89. The van der Waals surface area contributed by atoms with Gasteiger partial charge in [0.2, 0.25) is 10.0 Å². The molecule has 0 fully saturated rings. The lowest BCUT2D eigenvalue weighted by atomic mass is 10.3. The lowest BCUT2D eigenvalue weighted by Crippen LogP contribution is -2.28. The maximum atomic E-state index is 11.2. The van der Waals surface area contributed by atoms with Crippen molar-refractivity contribution in [1.29, 1.82) is 5.26 Å². The van der Waals surface area contributed by atoms with Gasteiger partial charge in [-0.3, -0.25) is 0 Å². The van der Waals surface area contributed by atoms with Crippen LogP contribution in [0.25, 0.3) is 0 Å². The first-order valence-corrected chi connectivity index (χ1v) is 6.55. The van der Waals surface area contributed by atoms with Gasteiger partial charge >= 0.3 is 0 Å². The van der Waals surface area contributed by atoms with Crippen molar-refractivity contribution >= 4 is 21.4 Å². The van der Waals surface area contributed by atoms with E-state index in [0.717, 1.165) is 0 Å². The van der Waals surface area contributed by atoms with Gasteiger partial charge in [0.25, 0.3) is 0 Å². The summed E-state index contributed by atoms with van der Waals surface area (Å²) in [7, 11) is -3.32. The molecule has 0 bridgehead atoms. The lowest BCUT2D eigenvalue weighted by molar-refractivity contribution is 0.577. The smallest absolute Gasteiger partial charge is 0.212 e. The van der Waals surface area contributed by atoms with Crippen LogP contribution in [0.2, 0.25) is 0 Å². The zero-order chi connectivity index (χ0) is 10.6. The molecule has 1 heterocycles. The van der Waals surface area contributed by atoms with Gasteiger partial charge in [-0.15, -0.1) is 11.3 Å². The van der Waals surface area contributed by atoms with Crippen LogP contribution in [0.15, 0.2) is 17.5 Å². The molecule has 0 aliphatic heterocycles. The molecule has 6 heteroatoms. The Kier molecular flexibility index (Phi) is 3.63. The van der Waals surface area contributed by atoms with Crippen LogP contribution in [0.5, 0.6) is 0 Å². The number of nitrogens with one attached hydrogen (secondary N) is 1. The Morgan fingerprint density at radius 2 is 2.43 bits per heavy atom. The first-order chi connectivity index (χ1) is 6.59. The summed E-state index contributed by atoms with van der Waals surface area (Å²) in [5, 5.41) is 10.6. The molecule has 1 atom stereocenters. The summed E-state index contributed by atoms with van der Waals surface area (Å²) in [5.41, 5.74) is 0. The summed E-state index contributed by atoms with van der Waals surface area (Å²) < 4.78 is 24.7. The third-order valence-corrected chi connectivity index (χ3v) is 3.93. The normalized spacial score (nSPS) is 13.4. The van der Waals surface area contributed by atoms with E-state index < -0.39 is 16.1 Å². The highest BCUT2D eigenvalue weighted by Gasteiger charge is 2.17. The predicted octanol–water partition coefficient (Wildman–Crippen LogP) is 1.25. The summed E-state index contributed by atoms with van der Waals surface area (Å²) in [6.07, 6.45) is 0. The van der Waals surface area contributed by atoms with E-state index in [1.165, 1.54) is 18.3 Å². The molecule has 1 rings (SSSR count). The van der Waals surface area contributed by atoms with E-state index in [1.54, 1.807) is 17.5 Å². The zero-order valence-electron chi connectivity index (χ0n) is 7.60. The Balaban J connectivity index is 2.82. The molecule has 0 saturated carbocycles. The van der Waals surface area contributed by atoms with Crippen molar-refractivity contribution in [3.05, 3.63) is 22.4 Å². The molecule has 1 aromatic rings. The van der Waals surface area contributed by atoms with Gasteiger partial charge in [0.1, 0.15) is 6.04 Å². The molecule has 0 aromatic carbocycles. The average molecular weight is 230 g/mol. The fourth-order valence-corrected chi connectivity index (χ4v) is 2.37. The van der Waals surface area contributed by atoms with Crippen LogP contribution in [-0.4, -0.2) is 14.2 Å². The third kappa shape index (κ3) is 2.80. The minimum Gasteiger partial charge on any atom is -0.212 e. The van der Waals surface area contributed by atoms with E-state index in [4.69, 9.17) is 5.26 Å². The number of thiophene rings is 1. The van der Waals surface area contributed by atoms with Crippen LogP contribution in [0.1, 0.15) is 17.8 Å². The summed E-state index contributed by atoms with van der Waals surface area (Å²) in [6, 6.07) is 4.67. The fraction of sp³-hybridized carbons (Fsp3) is 0.375. The minimum atomic E-state index is -3.32. The Bertz CT molecular complexity index is 417. The number of sulfonamides is 1.